The van der Waals surface area contributed by atoms with Crippen LogP contribution in [-0.4, -0.2) is 19.2 Å². The van der Waals surface area contributed by atoms with Gasteiger partial charge in [0.2, 0.25) is 0 Å². The van der Waals surface area contributed by atoms with E-state index in [2.05, 4.69) is 10.5 Å². The van der Waals surface area contributed by atoms with Crippen LogP contribution >= 0.6 is 0 Å². The van der Waals surface area contributed by atoms with Crippen LogP contribution in [0.3, 0.4) is 0 Å². The summed E-state index contributed by atoms with van der Waals surface area (Å²) < 4.78 is 32.3. The Bertz CT molecular complexity index is 789. The largest absolute Gasteiger partial charge is 0.744 e. The van der Waals surface area contributed by atoms with Gasteiger partial charge in [0, 0.05) is 0 Å². The minimum atomic E-state index is -4.43. The highest BCUT2D eigenvalue weighted by Crippen LogP contribution is 2.13. The topological polar surface area (TPSA) is 105 Å². The van der Waals surface area contributed by atoms with E-state index in [0.29, 0.717) is 11.3 Å². The van der Waals surface area contributed by atoms with Crippen molar-refractivity contribution >= 4 is 22.0 Å². The molecular weight excluding hydrogens is 290 g/mol. The third-order valence-corrected chi connectivity index (χ3v) is 3.44. The van der Waals surface area contributed by atoms with Crippen LogP contribution < -0.4 is 5.43 Å². The Morgan fingerprint density at radius 1 is 1.10 bits per heavy atom. The molecule has 2 aromatic rings. The average molecular weight is 300 g/mol. The highest BCUT2D eigenvalue weighted by Gasteiger charge is 1.99. The van der Waals surface area contributed by atoms with Gasteiger partial charge in [0.15, 0.2) is 0 Å². The van der Waals surface area contributed by atoms with E-state index in [1.54, 1.807) is 30.5 Å². The number of benzene rings is 2. The van der Waals surface area contributed by atoms with Crippen molar-refractivity contribution in [1.29, 1.82) is 5.26 Å². The molecule has 0 aromatic heterocycles. The molecule has 0 amide bonds. The Hall–Kier alpha value is -2.69. The van der Waals surface area contributed by atoms with E-state index >= 15 is 0 Å². The van der Waals surface area contributed by atoms with Gasteiger partial charge in [-0.2, -0.15) is 10.4 Å². The molecule has 0 aliphatic rings. The molecule has 21 heavy (non-hydrogen) atoms. The van der Waals surface area contributed by atoms with Crippen LogP contribution in [0.2, 0.25) is 0 Å². The molecule has 6 nitrogen and oxygen atoms in total. The van der Waals surface area contributed by atoms with E-state index < -0.39 is 10.1 Å². The van der Waals surface area contributed by atoms with E-state index in [1.165, 1.54) is 24.3 Å². The Morgan fingerprint density at radius 3 is 2.24 bits per heavy atom. The molecule has 0 radical (unpaired) electrons. The second-order valence-electron chi connectivity index (χ2n) is 4.08. The number of anilines is 1. The van der Waals surface area contributed by atoms with E-state index in [4.69, 9.17) is 5.26 Å². The molecule has 0 heterocycles. The van der Waals surface area contributed by atoms with Crippen LogP contribution in [0.4, 0.5) is 5.69 Å². The summed E-state index contributed by atoms with van der Waals surface area (Å²) in [6.07, 6.45) is 1.55. The SMILES string of the molecule is N#Cc1ccc(/C=N/Nc2ccc(S(=O)(=O)[O-])cc2)cc1. The average Bonchev–Trinajstić information content (AvgIpc) is 2.47. The molecule has 0 saturated carbocycles. The molecule has 2 rings (SSSR count). The first kappa shape index (κ1) is 14.7. The standard InChI is InChI=1S/C14H11N3O3S/c15-9-11-1-3-12(4-2-11)10-16-17-13-5-7-14(8-6-13)21(18,19)20/h1-8,10,17H,(H,18,19,20)/p-1/b16-10+. The van der Waals surface area contributed by atoms with Gasteiger partial charge in [-0.25, -0.2) is 8.42 Å². The Kier molecular flexibility index (Phi) is 4.33. The predicted octanol–water partition coefficient (Wildman–Crippen LogP) is 1.91. The minimum Gasteiger partial charge on any atom is -0.744 e. The van der Waals surface area contributed by atoms with Gasteiger partial charge in [0.05, 0.1) is 28.4 Å². The van der Waals surface area contributed by atoms with Crippen molar-refractivity contribution in [2.24, 2.45) is 5.10 Å². The monoisotopic (exact) mass is 300 g/mol. The Labute approximate surface area is 122 Å². The molecule has 0 atom stereocenters. The quantitative estimate of drug-likeness (QED) is 0.527. The molecule has 7 heteroatoms. The van der Waals surface area contributed by atoms with Crippen molar-refractivity contribution in [2.75, 3.05) is 5.43 Å². The molecule has 0 aliphatic heterocycles. The summed E-state index contributed by atoms with van der Waals surface area (Å²) in [4.78, 5) is -0.288. The molecule has 2 aromatic carbocycles. The number of hydrogen-bond acceptors (Lipinski definition) is 6. The van der Waals surface area contributed by atoms with Crippen molar-refractivity contribution in [3.05, 3.63) is 59.7 Å². The third-order valence-electron chi connectivity index (χ3n) is 2.59. The number of nitriles is 1. The van der Waals surface area contributed by atoms with Gasteiger partial charge < -0.3 is 4.55 Å². The third kappa shape index (κ3) is 4.14. The van der Waals surface area contributed by atoms with Gasteiger partial charge >= 0.3 is 0 Å². The maximum absolute atomic E-state index is 10.8. The number of hydrazone groups is 1. The molecule has 0 fully saturated rings. The number of nitrogens with one attached hydrogen (secondary N) is 1. The zero-order valence-electron chi connectivity index (χ0n) is 10.7. The van der Waals surface area contributed by atoms with Crippen molar-refractivity contribution < 1.29 is 13.0 Å². The second kappa shape index (κ2) is 6.17. The smallest absolute Gasteiger partial charge is 0.124 e. The second-order valence-corrected chi connectivity index (χ2v) is 5.46. The summed E-state index contributed by atoms with van der Waals surface area (Å²) in [5, 5.41) is 12.6. The molecule has 0 aliphatic carbocycles. The number of hydrogen-bond donors (Lipinski definition) is 1. The fourth-order valence-electron chi connectivity index (χ4n) is 1.52. The fraction of sp³-hybridized carbons (Fsp3) is 0. The van der Waals surface area contributed by atoms with Gasteiger partial charge in [-0.1, -0.05) is 12.1 Å². The van der Waals surface area contributed by atoms with Crippen LogP contribution in [0.15, 0.2) is 58.5 Å². The summed E-state index contributed by atoms with van der Waals surface area (Å²) >= 11 is 0. The maximum atomic E-state index is 10.8. The van der Waals surface area contributed by atoms with Crippen molar-refractivity contribution in [2.45, 2.75) is 4.90 Å². The lowest BCUT2D eigenvalue weighted by Crippen LogP contribution is -1.98. The van der Waals surface area contributed by atoms with Gasteiger partial charge in [0.25, 0.3) is 0 Å². The summed E-state index contributed by atoms with van der Waals surface area (Å²) in [7, 11) is -4.43. The molecule has 1 N–H and O–H groups in total. The van der Waals surface area contributed by atoms with Crippen LogP contribution in [0, 0.1) is 11.3 Å². The lowest BCUT2D eigenvalue weighted by atomic mass is 10.2. The summed E-state index contributed by atoms with van der Waals surface area (Å²) in [5.74, 6) is 0. The van der Waals surface area contributed by atoms with E-state index in [0.717, 1.165) is 5.56 Å². The molecular formula is C14H10N3O3S-. The number of rotatable bonds is 4. The summed E-state index contributed by atoms with van der Waals surface area (Å²) in [6, 6.07) is 14.2. The molecule has 0 spiro atoms. The molecule has 106 valence electrons. The predicted molar refractivity (Wildman–Crippen MR) is 76.8 cm³/mol. The van der Waals surface area contributed by atoms with Gasteiger partial charge in [-0.15, -0.1) is 0 Å². The van der Waals surface area contributed by atoms with Gasteiger partial charge in [-0.05, 0) is 42.0 Å². The lowest BCUT2D eigenvalue weighted by molar-refractivity contribution is 0.463. The molecule has 0 bridgehead atoms. The van der Waals surface area contributed by atoms with E-state index in [-0.39, 0.29) is 4.90 Å². The van der Waals surface area contributed by atoms with Gasteiger partial charge in [0.1, 0.15) is 10.1 Å². The highest BCUT2D eigenvalue weighted by atomic mass is 32.2. The summed E-state index contributed by atoms with van der Waals surface area (Å²) in [6.45, 7) is 0. The Balaban J connectivity index is 2.02. The van der Waals surface area contributed by atoms with Gasteiger partial charge in [-0.3, -0.25) is 5.43 Å². The maximum Gasteiger partial charge on any atom is 0.124 e. The lowest BCUT2D eigenvalue weighted by Gasteiger charge is -2.07. The first-order valence-corrected chi connectivity index (χ1v) is 7.25. The van der Waals surface area contributed by atoms with Crippen molar-refractivity contribution in [3.8, 4) is 6.07 Å². The van der Waals surface area contributed by atoms with Crippen molar-refractivity contribution in [1.82, 2.24) is 0 Å². The van der Waals surface area contributed by atoms with Crippen LogP contribution in [0.5, 0.6) is 0 Å². The molecule has 0 unspecified atom stereocenters. The summed E-state index contributed by atoms with van der Waals surface area (Å²) in [5.41, 5.74) is 4.63. The van der Waals surface area contributed by atoms with Crippen LogP contribution in [0.1, 0.15) is 11.1 Å². The van der Waals surface area contributed by atoms with E-state index in [1.807, 2.05) is 6.07 Å². The zero-order valence-corrected chi connectivity index (χ0v) is 11.5. The van der Waals surface area contributed by atoms with Crippen LogP contribution in [0.25, 0.3) is 0 Å². The first-order valence-electron chi connectivity index (χ1n) is 5.84. The number of nitrogens with zero attached hydrogens (tertiary/aromatic N) is 2. The van der Waals surface area contributed by atoms with Crippen molar-refractivity contribution in [3.63, 3.8) is 0 Å². The Morgan fingerprint density at radius 2 is 1.71 bits per heavy atom. The normalized spacial score (nSPS) is 11.2. The zero-order chi connectivity index (χ0) is 15.3. The highest BCUT2D eigenvalue weighted by molar-refractivity contribution is 7.85. The molecule has 0 saturated heterocycles. The minimum absolute atomic E-state index is 0.288. The fourth-order valence-corrected chi connectivity index (χ4v) is 1.99. The van der Waals surface area contributed by atoms with E-state index in [9.17, 15) is 13.0 Å². The first-order chi connectivity index (χ1) is 9.99. The van der Waals surface area contributed by atoms with Crippen LogP contribution in [-0.2, 0) is 10.1 Å².